The number of aromatic nitrogens is 1. The number of hydrogen-bond donors (Lipinski definition) is 3. The van der Waals surface area contributed by atoms with Crippen LogP contribution in [-0.2, 0) is 29.2 Å². The third kappa shape index (κ3) is 8.78. The molecule has 1 aromatic heterocycles. The molecule has 324 valence electrons. The molecule has 0 unspecified atom stereocenters. The van der Waals surface area contributed by atoms with E-state index in [2.05, 4.69) is 67.6 Å². The van der Waals surface area contributed by atoms with Crippen LogP contribution in [0.4, 0.5) is 10.5 Å². The molecular weight excluding hydrogens is 789 g/mol. The van der Waals surface area contributed by atoms with E-state index in [0.717, 1.165) is 101 Å². The Balaban J connectivity index is 0.925. The zero-order chi connectivity index (χ0) is 43.7. The molecule has 0 spiro atoms. The fourth-order valence-corrected chi connectivity index (χ4v) is 9.15. The summed E-state index contributed by atoms with van der Waals surface area (Å²) in [5.41, 5.74) is 9.03. The molecular formula is C47H54N8O7. The predicted molar refractivity (Wildman–Crippen MR) is 234 cm³/mol. The number of urea groups is 1. The average molecular weight is 843 g/mol. The average Bonchev–Trinajstić information content (AvgIpc) is 3.50. The summed E-state index contributed by atoms with van der Waals surface area (Å²) in [4.78, 5) is 87.2. The number of pyridine rings is 1. The number of nitrogens with one attached hydrogen (secondary N) is 3. The van der Waals surface area contributed by atoms with Crippen LogP contribution in [0.15, 0.2) is 65.5 Å². The molecule has 3 saturated heterocycles. The Hall–Kier alpha value is -6.16. The number of ether oxygens (including phenoxy) is 1. The predicted octanol–water partition coefficient (Wildman–Crippen LogP) is 4.67. The van der Waals surface area contributed by atoms with E-state index in [4.69, 9.17) is 4.74 Å². The number of anilines is 1. The number of nitrogens with zero attached hydrogens (tertiary/aromatic N) is 5. The van der Waals surface area contributed by atoms with E-state index in [1.807, 2.05) is 39.0 Å². The van der Waals surface area contributed by atoms with Crippen LogP contribution < -0.4 is 21.1 Å². The van der Waals surface area contributed by atoms with Gasteiger partial charge >= 0.3 is 6.03 Å². The zero-order valence-electron chi connectivity index (χ0n) is 35.8. The Labute approximate surface area is 361 Å². The number of piperazine rings is 1. The summed E-state index contributed by atoms with van der Waals surface area (Å²) < 4.78 is 5.69. The third-order valence-electron chi connectivity index (χ3n) is 12.6. The molecule has 0 aliphatic carbocycles. The van der Waals surface area contributed by atoms with Crippen molar-refractivity contribution in [3.05, 3.63) is 121 Å². The van der Waals surface area contributed by atoms with E-state index >= 15 is 0 Å². The molecule has 5 heterocycles. The molecule has 0 saturated carbocycles. The normalized spacial score (nSPS) is 17.7. The van der Waals surface area contributed by atoms with Crippen molar-refractivity contribution in [3.63, 3.8) is 0 Å². The number of hydrazine groups is 1. The van der Waals surface area contributed by atoms with Gasteiger partial charge in [-0.25, -0.2) is 9.80 Å². The number of imide groups is 2. The first-order chi connectivity index (χ1) is 29.9. The Morgan fingerprint density at radius 2 is 1.45 bits per heavy atom. The highest BCUT2D eigenvalue weighted by Gasteiger charge is 2.43. The van der Waals surface area contributed by atoms with Gasteiger partial charge in [0, 0.05) is 101 Å². The molecule has 3 N–H and O–H groups in total. The zero-order valence-corrected chi connectivity index (χ0v) is 35.8. The standard InChI is InChI=1S/C47H54N8O7/c1-5-53(36-13-20-62-21-14-36)41-25-35(24-38(31(41)4)43(57)48-26-40-29(2)22-30(3)49-44(40)58)34-9-6-32(7-10-34)27-51-16-18-52(19-17-51)28-33-8-11-37-39(23-33)46(60)55(45(37)59)54-15-12-42(56)50-47(54)61/h6-11,22-25,36H,5,12-21,26-28H2,1-4H3,(H,48,57)(H,49,58)(H,50,56,61). The van der Waals surface area contributed by atoms with Gasteiger partial charge in [-0.05, 0) is 104 Å². The summed E-state index contributed by atoms with van der Waals surface area (Å²) >= 11 is 0. The summed E-state index contributed by atoms with van der Waals surface area (Å²) in [7, 11) is 0. The maximum atomic E-state index is 14.0. The van der Waals surface area contributed by atoms with Crippen LogP contribution in [0.2, 0.25) is 0 Å². The van der Waals surface area contributed by atoms with Crippen molar-refractivity contribution >= 4 is 35.3 Å². The second kappa shape index (κ2) is 18.1. The highest BCUT2D eigenvalue weighted by Crippen LogP contribution is 2.34. The summed E-state index contributed by atoms with van der Waals surface area (Å²) in [5.74, 6) is -1.80. The summed E-state index contributed by atoms with van der Waals surface area (Å²) in [6.07, 6.45) is 1.84. The van der Waals surface area contributed by atoms with Crippen LogP contribution in [-0.4, -0.2) is 113 Å². The fourth-order valence-electron chi connectivity index (χ4n) is 9.15. The van der Waals surface area contributed by atoms with Crippen LogP contribution in [0.5, 0.6) is 0 Å². The van der Waals surface area contributed by atoms with Crippen LogP contribution in [0, 0.1) is 20.8 Å². The quantitative estimate of drug-likeness (QED) is 0.171. The SMILES string of the molecule is CCN(c1cc(-c2ccc(CN3CCN(Cc4ccc5c(c4)C(=O)N(N4CCC(=O)NC4=O)C5=O)CC3)cc2)cc(C(=O)NCc2c(C)cc(C)[nH]c2=O)c1C)C1CCOCC1. The lowest BCUT2D eigenvalue weighted by Gasteiger charge is -2.37. The lowest BCUT2D eigenvalue weighted by molar-refractivity contribution is -0.122. The van der Waals surface area contributed by atoms with E-state index in [1.165, 1.54) is 5.56 Å². The Kier molecular flexibility index (Phi) is 12.4. The first kappa shape index (κ1) is 42.5. The topological polar surface area (TPSA) is 168 Å². The lowest BCUT2D eigenvalue weighted by atomic mass is 9.94. The number of carbonyl (C=O) groups is 5. The summed E-state index contributed by atoms with van der Waals surface area (Å²) in [6, 6.07) is 19.4. The summed E-state index contributed by atoms with van der Waals surface area (Å²) in [5, 5.41) is 7.05. The van der Waals surface area contributed by atoms with Gasteiger partial charge in [0.25, 0.3) is 23.3 Å². The molecule has 3 fully saturated rings. The maximum absolute atomic E-state index is 14.0. The van der Waals surface area contributed by atoms with E-state index in [9.17, 15) is 28.8 Å². The molecule has 0 radical (unpaired) electrons. The number of benzene rings is 3. The molecule has 15 nitrogen and oxygen atoms in total. The molecule has 4 aliphatic rings. The number of carbonyl (C=O) groups excluding carboxylic acids is 5. The molecule has 4 aromatic rings. The number of rotatable bonds is 12. The van der Waals surface area contributed by atoms with Gasteiger partial charge in [0.2, 0.25) is 5.91 Å². The molecule has 15 heteroatoms. The van der Waals surface area contributed by atoms with Gasteiger partial charge < -0.3 is 19.9 Å². The molecule has 0 atom stereocenters. The number of hydrogen-bond acceptors (Lipinski definition) is 10. The monoisotopic (exact) mass is 842 g/mol. The number of aryl methyl sites for hydroxylation is 2. The Morgan fingerprint density at radius 1 is 0.790 bits per heavy atom. The smallest absolute Gasteiger partial charge is 0.343 e. The highest BCUT2D eigenvalue weighted by atomic mass is 16.5. The molecule has 0 bridgehead atoms. The first-order valence-corrected chi connectivity index (χ1v) is 21.5. The van der Waals surface area contributed by atoms with Gasteiger partial charge in [-0.2, -0.15) is 5.01 Å². The molecule has 4 aliphatic heterocycles. The molecule has 3 aromatic carbocycles. The van der Waals surface area contributed by atoms with Crippen LogP contribution in [0.1, 0.15) is 90.8 Å². The third-order valence-corrected chi connectivity index (χ3v) is 12.6. The summed E-state index contributed by atoms with van der Waals surface area (Å²) in [6.45, 7) is 14.9. The second-order valence-electron chi connectivity index (χ2n) is 16.7. The fraction of sp³-hybridized carbons (Fsp3) is 0.404. The van der Waals surface area contributed by atoms with Gasteiger partial charge in [-0.15, -0.1) is 0 Å². The van der Waals surface area contributed by atoms with E-state index in [0.29, 0.717) is 36.9 Å². The Bertz CT molecular complexity index is 2470. The number of amides is 6. The maximum Gasteiger partial charge on any atom is 0.343 e. The lowest BCUT2D eigenvalue weighted by Crippen LogP contribution is -2.58. The van der Waals surface area contributed by atoms with Crippen molar-refractivity contribution < 1.29 is 28.7 Å². The van der Waals surface area contributed by atoms with Crippen molar-refractivity contribution in [3.8, 4) is 11.1 Å². The first-order valence-electron chi connectivity index (χ1n) is 21.5. The van der Waals surface area contributed by atoms with Gasteiger partial charge in [-0.3, -0.25) is 39.1 Å². The molecule has 8 rings (SSSR count). The molecule has 62 heavy (non-hydrogen) atoms. The van der Waals surface area contributed by atoms with Crippen LogP contribution in [0.25, 0.3) is 11.1 Å². The highest BCUT2D eigenvalue weighted by molar-refractivity contribution is 6.22. The van der Waals surface area contributed by atoms with Crippen molar-refractivity contribution in [2.45, 2.75) is 72.6 Å². The van der Waals surface area contributed by atoms with Gasteiger partial charge in [-0.1, -0.05) is 30.3 Å². The van der Waals surface area contributed by atoms with Crippen LogP contribution in [0.3, 0.4) is 0 Å². The minimum atomic E-state index is -0.782. The van der Waals surface area contributed by atoms with Crippen molar-refractivity contribution in [2.75, 3.05) is 57.4 Å². The van der Waals surface area contributed by atoms with Crippen molar-refractivity contribution in [1.29, 1.82) is 0 Å². The van der Waals surface area contributed by atoms with E-state index < -0.39 is 23.8 Å². The second-order valence-corrected chi connectivity index (χ2v) is 16.7. The minimum absolute atomic E-state index is 0.00930. The van der Waals surface area contributed by atoms with Crippen molar-refractivity contribution in [2.24, 2.45) is 0 Å². The van der Waals surface area contributed by atoms with E-state index in [1.54, 1.807) is 12.1 Å². The van der Waals surface area contributed by atoms with Crippen LogP contribution >= 0.6 is 0 Å². The molecule has 6 amide bonds. The number of fused-ring (bicyclic) bond motifs is 1. The van der Waals surface area contributed by atoms with Gasteiger partial charge in [0.1, 0.15) is 0 Å². The largest absolute Gasteiger partial charge is 0.381 e. The number of aromatic amines is 1. The van der Waals surface area contributed by atoms with Crippen molar-refractivity contribution in [1.82, 2.24) is 35.4 Å². The van der Waals surface area contributed by atoms with E-state index in [-0.39, 0.29) is 42.1 Å². The van der Waals surface area contributed by atoms with Gasteiger partial charge in [0.15, 0.2) is 0 Å². The minimum Gasteiger partial charge on any atom is -0.381 e. The number of H-pyrrole nitrogens is 1. The Morgan fingerprint density at radius 3 is 2.11 bits per heavy atom. The van der Waals surface area contributed by atoms with Gasteiger partial charge in [0.05, 0.1) is 17.7 Å².